The molecule has 198 valence electrons. The lowest BCUT2D eigenvalue weighted by Crippen LogP contribution is -2.63. The van der Waals surface area contributed by atoms with Gasteiger partial charge in [-0.15, -0.1) is 0 Å². The van der Waals surface area contributed by atoms with E-state index >= 15 is 0 Å². The first-order valence-corrected chi connectivity index (χ1v) is 11.6. The Labute approximate surface area is 211 Å². The van der Waals surface area contributed by atoms with E-state index in [1.807, 2.05) is 0 Å². The molecule has 1 aliphatic rings. The Morgan fingerprint density at radius 1 is 1.05 bits per heavy atom. The van der Waals surface area contributed by atoms with Crippen molar-refractivity contribution in [2.24, 2.45) is 0 Å². The summed E-state index contributed by atoms with van der Waals surface area (Å²) in [4.78, 5) is 25.3. The molecule has 0 bridgehead atoms. The molecule has 2 aromatic carbocycles. The van der Waals surface area contributed by atoms with E-state index in [1.54, 1.807) is 38.1 Å². The van der Waals surface area contributed by atoms with Crippen LogP contribution in [0.1, 0.15) is 19.4 Å². The first kappa shape index (κ1) is 26.4. The highest BCUT2D eigenvalue weighted by Gasteiger charge is 2.48. The van der Waals surface area contributed by atoms with Gasteiger partial charge in [-0.3, -0.25) is 9.59 Å². The average molecular weight is 516 g/mol. The summed E-state index contributed by atoms with van der Waals surface area (Å²) in [5.41, 5.74) is 0.231. The third kappa shape index (κ3) is 5.12. The maximum atomic E-state index is 12.9. The Hall–Kier alpha value is -3.64. The van der Waals surface area contributed by atoms with Gasteiger partial charge in [-0.05, 0) is 45.0 Å². The quantitative estimate of drug-likeness (QED) is 0.322. The standard InChI is InChI=1S/C26H29NO10/c1-11(2)27-25(33)24-22(31)21(30)23(32)26(37-24)36-16-10-18-19(20(29)12(16)3)15(28)9-17(35-18)13-5-7-14(34-4)8-6-13/h5-11,21-24,26,29-32H,1-4H3,(H,27,33). The number of hydrogen-bond donors (Lipinski definition) is 5. The van der Waals surface area contributed by atoms with Crippen LogP contribution < -0.4 is 20.2 Å². The molecular weight excluding hydrogens is 486 g/mol. The highest BCUT2D eigenvalue weighted by atomic mass is 16.7. The summed E-state index contributed by atoms with van der Waals surface area (Å²) in [6.45, 7) is 4.90. The van der Waals surface area contributed by atoms with E-state index in [1.165, 1.54) is 26.2 Å². The second kappa shape index (κ2) is 10.4. The van der Waals surface area contributed by atoms with Crippen LogP contribution in [0, 0.1) is 6.92 Å². The normalized spacial score (nSPS) is 23.7. The Balaban J connectivity index is 1.71. The number of carbonyl (C=O) groups is 1. The summed E-state index contributed by atoms with van der Waals surface area (Å²) in [6.07, 6.45) is -8.30. The molecule has 1 aliphatic heterocycles. The number of hydrogen-bond acceptors (Lipinski definition) is 10. The molecule has 5 N–H and O–H groups in total. The van der Waals surface area contributed by atoms with Crippen LogP contribution in [0.4, 0.5) is 0 Å². The molecule has 0 aliphatic carbocycles. The van der Waals surface area contributed by atoms with Crippen LogP contribution in [0.15, 0.2) is 45.6 Å². The lowest BCUT2D eigenvalue weighted by atomic mass is 9.98. The van der Waals surface area contributed by atoms with E-state index in [0.717, 1.165) is 0 Å². The monoisotopic (exact) mass is 515 g/mol. The van der Waals surface area contributed by atoms with Gasteiger partial charge in [0.1, 0.15) is 52.3 Å². The van der Waals surface area contributed by atoms with Gasteiger partial charge in [0.15, 0.2) is 11.5 Å². The smallest absolute Gasteiger partial charge is 0.252 e. The van der Waals surface area contributed by atoms with E-state index < -0.39 is 47.8 Å². The Morgan fingerprint density at radius 3 is 2.35 bits per heavy atom. The number of benzene rings is 2. The van der Waals surface area contributed by atoms with E-state index in [0.29, 0.717) is 11.3 Å². The molecule has 3 aromatic rings. The average Bonchev–Trinajstić information content (AvgIpc) is 2.86. The van der Waals surface area contributed by atoms with Crippen molar-refractivity contribution in [1.82, 2.24) is 5.32 Å². The SMILES string of the molecule is COc1ccc(-c2cc(=O)c3c(O)c(C)c(OC4OC(C(=O)NC(C)C)C(O)C(O)C4O)cc3o2)cc1. The minimum absolute atomic E-state index is 0.00333. The van der Waals surface area contributed by atoms with Crippen LogP contribution in [-0.2, 0) is 9.53 Å². The number of amides is 1. The first-order valence-electron chi connectivity index (χ1n) is 11.6. The van der Waals surface area contributed by atoms with Crippen molar-refractivity contribution in [1.29, 1.82) is 0 Å². The number of aliphatic hydroxyl groups excluding tert-OH is 3. The Morgan fingerprint density at radius 2 is 1.73 bits per heavy atom. The molecule has 37 heavy (non-hydrogen) atoms. The molecule has 1 saturated heterocycles. The summed E-state index contributed by atoms with van der Waals surface area (Å²) in [5.74, 6) is -0.282. The molecule has 4 rings (SSSR count). The van der Waals surface area contributed by atoms with Gasteiger partial charge in [0, 0.05) is 29.3 Å². The van der Waals surface area contributed by atoms with Gasteiger partial charge in [-0.1, -0.05) is 0 Å². The van der Waals surface area contributed by atoms with E-state index in [9.17, 15) is 30.0 Å². The molecule has 0 radical (unpaired) electrons. The van der Waals surface area contributed by atoms with Crippen molar-refractivity contribution >= 4 is 16.9 Å². The number of ether oxygens (including phenoxy) is 3. The maximum absolute atomic E-state index is 12.9. The molecule has 11 heteroatoms. The summed E-state index contributed by atoms with van der Waals surface area (Å²) in [5, 5.41) is 44.3. The van der Waals surface area contributed by atoms with E-state index in [4.69, 9.17) is 18.6 Å². The van der Waals surface area contributed by atoms with Gasteiger partial charge in [0.05, 0.1) is 7.11 Å². The van der Waals surface area contributed by atoms with Gasteiger partial charge in [-0.25, -0.2) is 0 Å². The Kier molecular flexibility index (Phi) is 7.42. The molecule has 11 nitrogen and oxygen atoms in total. The predicted molar refractivity (Wildman–Crippen MR) is 131 cm³/mol. The van der Waals surface area contributed by atoms with E-state index in [2.05, 4.69) is 5.32 Å². The highest BCUT2D eigenvalue weighted by Crippen LogP contribution is 2.37. The highest BCUT2D eigenvalue weighted by molar-refractivity contribution is 5.88. The number of phenolic OH excluding ortho intramolecular Hbond substituents is 1. The zero-order valence-corrected chi connectivity index (χ0v) is 20.7. The van der Waals surface area contributed by atoms with Crippen LogP contribution in [-0.4, -0.2) is 70.2 Å². The van der Waals surface area contributed by atoms with Crippen LogP contribution in [0.3, 0.4) is 0 Å². The molecule has 1 fully saturated rings. The van der Waals surface area contributed by atoms with Crippen molar-refractivity contribution in [3.05, 3.63) is 52.2 Å². The maximum Gasteiger partial charge on any atom is 0.252 e. The Bertz CT molecular complexity index is 1350. The molecule has 0 spiro atoms. The molecule has 0 saturated carbocycles. The number of phenols is 1. The van der Waals surface area contributed by atoms with Crippen molar-refractivity contribution in [3.63, 3.8) is 0 Å². The summed E-state index contributed by atoms with van der Waals surface area (Å²) in [6, 6.07) is 9.14. The van der Waals surface area contributed by atoms with Gasteiger partial charge < -0.3 is 44.4 Å². The minimum Gasteiger partial charge on any atom is -0.507 e. The largest absolute Gasteiger partial charge is 0.507 e. The minimum atomic E-state index is -1.75. The summed E-state index contributed by atoms with van der Waals surface area (Å²) < 4.78 is 22.3. The number of aromatic hydroxyl groups is 1. The van der Waals surface area contributed by atoms with Gasteiger partial charge >= 0.3 is 0 Å². The number of rotatable bonds is 6. The van der Waals surface area contributed by atoms with Gasteiger partial charge in [-0.2, -0.15) is 0 Å². The number of methoxy groups -OCH3 is 1. The zero-order chi connectivity index (χ0) is 27.0. The summed E-state index contributed by atoms with van der Waals surface area (Å²) in [7, 11) is 1.53. The fourth-order valence-electron chi connectivity index (χ4n) is 4.05. The molecule has 1 aromatic heterocycles. The van der Waals surface area contributed by atoms with E-state index in [-0.39, 0.29) is 34.1 Å². The van der Waals surface area contributed by atoms with Crippen molar-refractivity contribution in [3.8, 4) is 28.6 Å². The number of aliphatic hydroxyl groups is 3. The third-order valence-corrected chi connectivity index (χ3v) is 6.08. The second-order valence-corrected chi connectivity index (χ2v) is 9.10. The van der Waals surface area contributed by atoms with Crippen LogP contribution in [0.25, 0.3) is 22.3 Å². The van der Waals surface area contributed by atoms with Crippen molar-refractivity contribution in [2.45, 2.75) is 57.5 Å². The van der Waals surface area contributed by atoms with Gasteiger partial charge in [0.2, 0.25) is 6.29 Å². The fraction of sp³-hybridized carbons (Fsp3) is 0.385. The van der Waals surface area contributed by atoms with Crippen LogP contribution in [0.2, 0.25) is 0 Å². The molecule has 5 unspecified atom stereocenters. The second-order valence-electron chi connectivity index (χ2n) is 9.10. The topological polar surface area (TPSA) is 168 Å². The molecular formula is C26H29NO10. The number of nitrogens with one attached hydrogen (secondary N) is 1. The number of carbonyl (C=O) groups excluding carboxylic acids is 1. The first-order chi connectivity index (χ1) is 17.5. The summed E-state index contributed by atoms with van der Waals surface area (Å²) >= 11 is 0. The van der Waals surface area contributed by atoms with Gasteiger partial charge in [0.25, 0.3) is 5.91 Å². The zero-order valence-electron chi connectivity index (χ0n) is 20.7. The van der Waals surface area contributed by atoms with Crippen molar-refractivity contribution < 1.29 is 43.8 Å². The molecule has 5 atom stereocenters. The number of fused-ring (bicyclic) bond motifs is 1. The lowest BCUT2D eigenvalue weighted by molar-refractivity contribution is -0.267. The fourth-order valence-corrected chi connectivity index (χ4v) is 4.05. The van der Waals surface area contributed by atoms with Crippen molar-refractivity contribution in [2.75, 3.05) is 7.11 Å². The predicted octanol–water partition coefficient (Wildman–Crippen LogP) is 1.19. The van der Waals surface area contributed by atoms with Crippen LogP contribution in [0.5, 0.6) is 17.2 Å². The van der Waals surface area contributed by atoms with Crippen LogP contribution >= 0.6 is 0 Å². The lowest BCUT2D eigenvalue weighted by Gasteiger charge is -2.39. The molecule has 2 heterocycles. The molecule has 1 amide bonds. The third-order valence-electron chi connectivity index (χ3n) is 6.08.